The number of fused-ring (bicyclic) bond motifs is 1. The van der Waals surface area contributed by atoms with Crippen LogP contribution in [-0.4, -0.2) is 21.6 Å². The van der Waals surface area contributed by atoms with Crippen molar-refractivity contribution in [1.29, 1.82) is 0 Å². The number of hydrogen-bond donors (Lipinski definition) is 1. The van der Waals surface area contributed by atoms with Crippen LogP contribution in [0.3, 0.4) is 0 Å². The van der Waals surface area contributed by atoms with Crippen molar-refractivity contribution >= 4 is 45.0 Å². The van der Waals surface area contributed by atoms with E-state index in [1.54, 1.807) is 12.1 Å². The van der Waals surface area contributed by atoms with Crippen molar-refractivity contribution < 1.29 is 27.9 Å². The summed E-state index contributed by atoms with van der Waals surface area (Å²) in [4.78, 5) is 27.4. The predicted molar refractivity (Wildman–Crippen MR) is 93.8 cm³/mol. The molecular formula is C17H10ClF3N2O3S. The molecule has 1 heterocycles. The van der Waals surface area contributed by atoms with E-state index in [4.69, 9.17) is 16.7 Å². The van der Waals surface area contributed by atoms with E-state index in [1.165, 1.54) is 22.8 Å². The normalized spacial score (nSPS) is 12.5. The summed E-state index contributed by atoms with van der Waals surface area (Å²) in [5, 5.41) is 9.42. The molecule has 0 spiro atoms. The van der Waals surface area contributed by atoms with Gasteiger partial charge in [-0.2, -0.15) is 18.2 Å². The van der Waals surface area contributed by atoms with Crippen LogP contribution in [0.4, 0.5) is 13.2 Å². The molecule has 0 aliphatic carbocycles. The van der Waals surface area contributed by atoms with E-state index in [1.807, 2.05) is 0 Å². The van der Waals surface area contributed by atoms with Crippen LogP contribution >= 0.6 is 22.9 Å². The molecule has 0 saturated carbocycles. The Kier molecular flexibility index (Phi) is 5.07. The van der Waals surface area contributed by atoms with Gasteiger partial charge < -0.3 is 9.67 Å². The second-order valence-electron chi connectivity index (χ2n) is 5.47. The van der Waals surface area contributed by atoms with Crippen molar-refractivity contribution in [2.75, 3.05) is 0 Å². The Labute approximate surface area is 159 Å². The zero-order valence-electron chi connectivity index (χ0n) is 13.3. The minimum Gasteiger partial charge on any atom is -0.480 e. The highest BCUT2D eigenvalue weighted by atomic mass is 35.5. The van der Waals surface area contributed by atoms with Crippen LogP contribution in [0.2, 0.25) is 5.02 Å². The third-order valence-corrected chi connectivity index (χ3v) is 4.85. The van der Waals surface area contributed by atoms with E-state index < -0.39 is 30.2 Å². The number of carbonyl (C=O) groups is 2. The van der Waals surface area contributed by atoms with Crippen LogP contribution in [0.25, 0.3) is 10.2 Å². The second-order valence-corrected chi connectivity index (χ2v) is 6.92. The monoisotopic (exact) mass is 414 g/mol. The van der Waals surface area contributed by atoms with Crippen molar-refractivity contribution in [2.24, 2.45) is 4.99 Å². The van der Waals surface area contributed by atoms with Crippen molar-refractivity contribution in [1.82, 2.24) is 4.57 Å². The minimum atomic E-state index is -4.54. The van der Waals surface area contributed by atoms with Crippen LogP contribution in [-0.2, 0) is 17.5 Å². The molecule has 0 atom stereocenters. The molecular weight excluding hydrogens is 405 g/mol. The van der Waals surface area contributed by atoms with Crippen molar-refractivity contribution in [3.8, 4) is 0 Å². The number of rotatable bonds is 3. The van der Waals surface area contributed by atoms with Gasteiger partial charge in [-0.05, 0) is 36.4 Å². The van der Waals surface area contributed by atoms with E-state index in [9.17, 15) is 22.8 Å². The first kappa shape index (κ1) is 19.1. The van der Waals surface area contributed by atoms with Gasteiger partial charge in [0.15, 0.2) is 4.80 Å². The molecule has 5 nitrogen and oxygen atoms in total. The summed E-state index contributed by atoms with van der Waals surface area (Å²) < 4.78 is 40.1. The summed E-state index contributed by atoms with van der Waals surface area (Å²) in [6.07, 6.45) is -4.54. The van der Waals surface area contributed by atoms with Crippen LogP contribution in [0.15, 0.2) is 47.5 Å². The van der Waals surface area contributed by atoms with Crippen molar-refractivity contribution in [3.63, 3.8) is 0 Å². The van der Waals surface area contributed by atoms with E-state index in [0.29, 0.717) is 5.02 Å². The van der Waals surface area contributed by atoms with Gasteiger partial charge >= 0.3 is 12.1 Å². The quantitative estimate of drug-likeness (QED) is 0.698. The smallest absolute Gasteiger partial charge is 0.416 e. The Balaban J connectivity index is 2.18. The standard InChI is InChI=1S/C17H10ClF3N2O3S/c18-11-3-1-2-9(6-11)15(26)22-16-23(8-14(24)25)12-5-4-10(17(19,20)21)7-13(12)27-16/h1-7H,8H2,(H,24,25)/b22-16-. The molecule has 140 valence electrons. The average molecular weight is 415 g/mol. The lowest BCUT2D eigenvalue weighted by Crippen LogP contribution is -2.21. The van der Waals surface area contributed by atoms with Crippen molar-refractivity contribution in [3.05, 3.63) is 63.4 Å². The summed E-state index contributed by atoms with van der Waals surface area (Å²) >= 11 is 6.64. The highest BCUT2D eigenvalue weighted by Gasteiger charge is 2.31. The molecule has 0 unspecified atom stereocenters. The molecule has 0 radical (unpaired) electrons. The van der Waals surface area contributed by atoms with Crippen LogP contribution in [0, 0.1) is 0 Å². The first-order valence-electron chi connectivity index (χ1n) is 7.42. The number of halogens is 4. The van der Waals surface area contributed by atoms with Crippen LogP contribution in [0.1, 0.15) is 15.9 Å². The number of carboxylic acids is 1. The number of carboxylic acid groups (broad SMARTS) is 1. The van der Waals surface area contributed by atoms with Gasteiger partial charge in [0.1, 0.15) is 6.54 Å². The van der Waals surface area contributed by atoms with Crippen molar-refractivity contribution in [2.45, 2.75) is 12.7 Å². The summed E-state index contributed by atoms with van der Waals surface area (Å²) in [7, 11) is 0. The number of thiazole rings is 1. The molecule has 0 aliphatic rings. The molecule has 0 bridgehead atoms. The van der Waals surface area contributed by atoms with Gasteiger partial charge in [-0.3, -0.25) is 9.59 Å². The third-order valence-electron chi connectivity index (χ3n) is 3.57. The van der Waals surface area contributed by atoms with Gasteiger partial charge in [0.2, 0.25) is 0 Å². The van der Waals surface area contributed by atoms with Crippen LogP contribution < -0.4 is 4.80 Å². The van der Waals surface area contributed by atoms with E-state index in [-0.39, 0.29) is 20.6 Å². The molecule has 0 saturated heterocycles. The Morgan fingerprint density at radius 1 is 1.19 bits per heavy atom. The Hall–Kier alpha value is -2.65. The predicted octanol–water partition coefficient (Wildman–Crippen LogP) is 4.20. The minimum absolute atomic E-state index is 0.0169. The van der Waals surface area contributed by atoms with E-state index >= 15 is 0 Å². The lowest BCUT2D eigenvalue weighted by Gasteiger charge is -2.06. The Morgan fingerprint density at radius 3 is 2.56 bits per heavy atom. The maximum Gasteiger partial charge on any atom is 0.416 e. The molecule has 0 aliphatic heterocycles. The molecule has 10 heteroatoms. The summed E-state index contributed by atoms with van der Waals surface area (Å²) in [5.41, 5.74) is -0.447. The molecule has 1 aromatic heterocycles. The van der Waals surface area contributed by atoms with Crippen LogP contribution in [0.5, 0.6) is 0 Å². The number of benzene rings is 2. The zero-order valence-corrected chi connectivity index (χ0v) is 14.9. The molecule has 3 rings (SSSR count). The molecule has 2 aromatic carbocycles. The largest absolute Gasteiger partial charge is 0.480 e. The third kappa shape index (κ3) is 4.20. The topological polar surface area (TPSA) is 71.7 Å². The Morgan fingerprint density at radius 2 is 1.93 bits per heavy atom. The first-order valence-corrected chi connectivity index (χ1v) is 8.61. The summed E-state index contributed by atoms with van der Waals surface area (Å²) in [6, 6.07) is 8.92. The maximum atomic E-state index is 12.9. The van der Waals surface area contributed by atoms with Gasteiger partial charge in [-0.25, -0.2) is 0 Å². The highest BCUT2D eigenvalue weighted by Crippen LogP contribution is 2.32. The first-order chi connectivity index (χ1) is 12.6. The SMILES string of the molecule is O=C(O)Cn1/c(=N/C(=O)c2cccc(Cl)c2)sc2cc(C(F)(F)F)ccc21. The fraction of sp³-hybridized carbons (Fsp3) is 0.118. The summed E-state index contributed by atoms with van der Waals surface area (Å²) in [6.45, 7) is -0.549. The number of aromatic nitrogens is 1. The van der Waals surface area contributed by atoms with Gasteiger partial charge in [-0.15, -0.1) is 0 Å². The van der Waals surface area contributed by atoms with Gasteiger partial charge in [0, 0.05) is 10.6 Å². The lowest BCUT2D eigenvalue weighted by molar-refractivity contribution is -0.138. The molecule has 1 N–H and O–H groups in total. The second kappa shape index (κ2) is 7.16. The number of amides is 1. The van der Waals surface area contributed by atoms with E-state index in [0.717, 1.165) is 23.5 Å². The molecule has 27 heavy (non-hydrogen) atoms. The fourth-order valence-electron chi connectivity index (χ4n) is 2.40. The maximum absolute atomic E-state index is 12.9. The molecule has 1 amide bonds. The number of nitrogens with zero attached hydrogens (tertiary/aromatic N) is 2. The number of hydrogen-bond acceptors (Lipinski definition) is 3. The highest BCUT2D eigenvalue weighted by molar-refractivity contribution is 7.16. The number of carbonyl (C=O) groups excluding carboxylic acids is 1. The average Bonchev–Trinajstić information content (AvgIpc) is 2.90. The number of alkyl halides is 3. The Bertz CT molecular complexity index is 1120. The van der Waals surface area contributed by atoms with E-state index in [2.05, 4.69) is 4.99 Å². The molecule has 3 aromatic rings. The van der Waals surface area contributed by atoms with Gasteiger partial charge in [-0.1, -0.05) is 29.0 Å². The molecule has 0 fully saturated rings. The van der Waals surface area contributed by atoms with Gasteiger partial charge in [0.05, 0.1) is 15.8 Å². The fourth-order valence-corrected chi connectivity index (χ4v) is 3.65. The lowest BCUT2D eigenvalue weighted by atomic mass is 10.2. The number of aliphatic carboxylic acids is 1. The summed E-state index contributed by atoms with van der Waals surface area (Å²) in [5.74, 6) is -1.90. The van der Waals surface area contributed by atoms with Gasteiger partial charge in [0.25, 0.3) is 5.91 Å². The zero-order chi connectivity index (χ0) is 19.8.